The first-order chi connectivity index (χ1) is 15.5. The molecular formula is C26H22ClN3O2. The van der Waals surface area contributed by atoms with E-state index in [1.54, 1.807) is 22.9 Å². The van der Waals surface area contributed by atoms with Crippen LogP contribution in [0.5, 0.6) is 0 Å². The molecule has 0 atom stereocenters. The van der Waals surface area contributed by atoms with E-state index in [1.807, 2.05) is 60.4 Å². The molecule has 0 radical (unpaired) electrons. The average molecular weight is 444 g/mol. The highest BCUT2D eigenvalue weighted by atomic mass is 35.5. The van der Waals surface area contributed by atoms with E-state index in [0.717, 1.165) is 47.3 Å². The summed E-state index contributed by atoms with van der Waals surface area (Å²) in [5, 5.41) is 2.02. The van der Waals surface area contributed by atoms with Crippen LogP contribution in [0.3, 0.4) is 0 Å². The number of carbonyl (C=O) groups is 1. The third-order valence-electron chi connectivity index (χ3n) is 5.91. The molecule has 0 spiro atoms. The zero-order valence-corrected chi connectivity index (χ0v) is 18.5. The summed E-state index contributed by atoms with van der Waals surface area (Å²) < 4.78 is 1.62. The van der Waals surface area contributed by atoms with Crippen molar-refractivity contribution in [2.45, 2.75) is 26.2 Å². The summed E-state index contributed by atoms with van der Waals surface area (Å²) in [4.78, 5) is 32.1. The molecule has 0 N–H and O–H groups in total. The summed E-state index contributed by atoms with van der Waals surface area (Å²) in [5.41, 5.74) is 3.38. The number of nitrogens with zero attached hydrogens (tertiary/aromatic N) is 3. The number of rotatable bonds is 3. The van der Waals surface area contributed by atoms with Crippen LogP contribution < -0.4 is 10.5 Å². The zero-order chi connectivity index (χ0) is 22.2. The molecule has 5 rings (SSSR count). The summed E-state index contributed by atoms with van der Waals surface area (Å²) in [6.45, 7) is 2.71. The van der Waals surface area contributed by atoms with Crippen molar-refractivity contribution in [3.8, 4) is 17.1 Å². The fourth-order valence-corrected chi connectivity index (χ4v) is 4.37. The zero-order valence-electron chi connectivity index (χ0n) is 17.7. The Morgan fingerprint density at radius 1 is 0.938 bits per heavy atom. The quantitative estimate of drug-likeness (QED) is 0.418. The molecule has 6 heteroatoms. The van der Waals surface area contributed by atoms with Gasteiger partial charge in [0.15, 0.2) is 0 Å². The Balaban J connectivity index is 1.68. The second kappa shape index (κ2) is 8.24. The fraction of sp³-hybridized carbons (Fsp3) is 0.192. The van der Waals surface area contributed by atoms with E-state index in [-0.39, 0.29) is 11.5 Å². The Kier molecular flexibility index (Phi) is 5.27. The lowest BCUT2D eigenvalue weighted by molar-refractivity contribution is -0.119. The van der Waals surface area contributed by atoms with Gasteiger partial charge in [0, 0.05) is 30.2 Å². The summed E-state index contributed by atoms with van der Waals surface area (Å²) in [6.07, 6.45) is 4.09. The molecule has 1 amide bonds. The van der Waals surface area contributed by atoms with Crippen molar-refractivity contribution < 1.29 is 4.79 Å². The molecule has 1 fully saturated rings. The third-order valence-corrected chi connectivity index (χ3v) is 6.14. The monoisotopic (exact) mass is 443 g/mol. The molecular weight excluding hydrogens is 422 g/mol. The molecule has 5 nitrogen and oxygen atoms in total. The highest BCUT2D eigenvalue weighted by molar-refractivity contribution is 6.30. The maximum Gasteiger partial charge on any atom is 0.264 e. The number of fused-ring (bicyclic) bond motifs is 1. The largest absolute Gasteiger partial charge is 0.312 e. The van der Waals surface area contributed by atoms with Crippen LogP contribution in [0.2, 0.25) is 5.02 Å². The first-order valence-corrected chi connectivity index (χ1v) is 11.1. The second-order valence-corrected chi connectivity index (χ2v) is 8.58. The highest BCUT2D eigenvalue weighted by Gasteiger charge is 2.20. The van der Waals surface area contributed by atoms with E-state index in [0.29, 0.717) is 22.6 Å². The van der Waals surface area contributed by atoms with Gasteiger partial charge in [-0.2, -0.15) is 0 Å². The summed E-state index contributed by atoms with van der Waals surface area (Å²) in [6, 6.07) is 19.2. The average Bonchev–Trinajstić information content (AvgIpc) is 2.81. The minimum absolute atomic E-state index is 0.133. The molecule has 1 aliphatic rings. The van der Waals surface area contributed by atoms with Crippen LogP contribution in [-0.2, 0) is 4.79 Å². The molecule has 0 bridgehead atoms. The van der Waals surface area contributed by atoms with Gasteiger partial charge in [-0.3, -0.25) is 14.2 Å². The third kappa shape index (κ3) is 3.69. The van der Waals surface area contributed by atoms with Gasteiger partial charge in [0.05, 0.1) is 10.7 Å². The fourth-order valence-electron chi connectivity index (χ4n) is 4.25. The van der Waals surface area contributed by atoms with Crippen molar-refractivity contribution in [3.05, 3.63) is 87.8 Å². The number of aryl methyl sites for hydroxylation is 1. The molecule has 1 aliphatic heterocycles. The van der Waals surface area contributed by atoms with Crippen molar-refractivity contribution in [3.63, 3.8) is 0 Å². The van der Waals surface area contributed by atoms with Gasteiger partial charge in [-0.05, 0) is 67.1 Å². The highest BCUT2D eigenvalue weighted by Crippen LogP contribution is 2.28. The number of halogens is 1. The van der Waals surface area contributed by atoms with Crippen LogP contribution in [-0.4, -0.2) is 22.0 Å². The molecule has 4 aromatic rings. The second-order valence-electron chi connectivity index (χ2n) is 8.14. The van der Waals surface area contributed by atoms with Crippen LogP contribution >= 0.6 is 11.6 Å². The predicted molar refractivity (Wildman–Crippen MR) is 129 cm³/mol. The van der Waals surface area contributed by atoms with Crippen LogP contribution in [0.4, 0.5) is 5.69 Å². The minimum Gasteiger partial charge on any atom is -0.312 e. The number of hydrogen-bond acceptors (Lipinski definition) is 3. The number of carbonyl (C=O) groups excluding carboxylic acids is 1. The van der Waals surface area contributed by atoms with Crippen molar-refractivity contribution in [2.24, 2.45) is 0 Å². The summed E-state index contributed by atoms with van der Waals surface area (Å²) in [5.74, 6) is 0.667. The van der Waals surface area contributed by atoms with Gasteiger partial charge in [-0.15, -0.1) is 0 Å². The maximum absolute atomic E-state index is 13.6. The number of piperidine rings is 1. The number of aromatic nitrogens is 2. The molecule has 0 unspecified atom stereocenters. The molecule has 3 heterocycles. The number of hydrogen-bond donors (Lipinski definition) is 0. The van der Waals surface area contributed by atoms with E-state index in [1.165, 1.54) is 0 Å². The van der Waals surface area contributed by atoms with Crippen molar-refractivity contribution >= 4 is 34.0 Å². The Bertz CT molecular complexity index is 1380. The van der Waals surface area contributed by atoms with E-state index in [9.17, 15) is 9.59 Å². The lowest BCUT2D eigenvalue weighted by atomic mass is 10.0. The number of benzene rings is 2. The minimum atomic E-state index is -0.133. The van der Waals surface area contributed by atoms with Gasteiger partial charge in [0.1, 0.15) is 5.82 Å². The Morgan fingerprint density at radius 2 is 1.75 bits per heavy atom. The van der Waals surface area contributed by atoms with Gasteiger partial charge in [-0.25, -0.2) is 4.98 Å². The molecule has 32 heavy (non-hydrogen) atoms. The van der Waals surface area contributed by atoms with Crippen molar-refractivity contribution in [1.82, 2.24) is 9.55 Å². The predicted octanol–water partition coefficient (Wildman–Crippen LogP) is 5.53. The van der Waals surface area contributed by atoms with Crippen LogP contribution in [0.25, 0.3) is 27.8 Å². The van der Waals surface area contributed by atoms with Crippen LogP contribution in [0.1, 0.15) is 24.8 Å². The SMILES string of the molecule is Cc1ccc2cc(-c3ccc(N4CCCCC4=O)cc3)n(-c3ccc(Cl)cn3)c(=O)c2c1. The molecule has 0 aliphatic carbocycles. The van der Waals surface area contributed by atoms with Gasteiger partial charge in [-0.1, -0.05) is 41.4 Å². The van der Waals surface area contributed by atoms with Crippen LogP contribution in [0, 0.1) is 6.92 Å². The van der Waals surface area contributed by atoms with Gasteiger partial charge < -0.3 is 4.90 Å². The van der Waals surface area contributed by atoms with Gasteiger partial charge >= 0.3 is 0 Å². The first-order valence-electron chi connectivity index (χ1n) is 10.7. The number of anilines is 1. The molecule has 160 valence electrons. The molecule has 1 saturated heterocycles. The van der Waals surface area contributed by atoms with E-state index in [4.69, 9.17) is 11.6 Å². The molecule has 2 aromatic carbocycles. The van der Waals surface area contributed by atoms with Crippen molar-refractivity contribution in [1.29, 1.82) is 0 Å². The lowest BCUT2D eigenvalue weighted by Gasteiger charge is -2.27. The topological polar surface area (TPSA) is 55.2 Å². The number of pyridine rings is 2. The first kappa shape index (κ1) is 20.5. The number of amides is 1. The van der Waals surface area contributed by atoms with E-state index in [2.05, 4.69) is 4.98 Å². The Hall–Kier alpha value is -3.44. The Morgan fingerprint density at radius 3 is 2.47 bits per heavy atom. The summed E-state index contributed by atoms with van der Waals surface area (Å²) in [7, 11) is 0. The molecule has 0 saturated carbocycles. The van der Waals surface area contributed by atoms with Gasteiger partial charge in [0.2, 0.25) is 5.91 Å². The van der Waals surface area contributed by atoms with Crippen LogP contribution in [0.15, 0.2) is 71.7 Å². The normalized spacial score (nSPS) is 14.2. The standard InChI is InChI=1S/C26H22ClN3O2/c1-17-5-6-19-15-23(18-7-10-21(11-8-18)29-13-3-2-4-25(29)31)30(26(32)22(19)14-17)24-12-9-20(27)16-28-24/h5-12,14-16H,2-4,13H2,1H3. The lowest BCUT2D eigenvalue weighted by Crippen LogP contribution is -2.35. The summed E-state index contributed by atoms with van der Waals surface area (Å²) >= 11 is 6.03. The van der Waals surface area contributed by atoms with E-state index >= 15 is 0 Å². The van der Waals surface area contributed by atoms with E-state index < -0.39 is 0 Å². The van der Waals surface area contributed by atoms with Crippen molar-refractivity contribution in [2.75, 3.05) is 11.4 Å². The van der Waals surface area contributed by atoms with Gasteiger partial charge in [0.25, 0.3) is 5.56 Å². The molecule has 2 aromatic heterocycles. The Labute approximate surface area is 190 Å². The smallest absolute Gasteiger partial charge is 0.264 e. The maximum atomic E-state index is 13.6.